The first-order chi connectivity index (χ1) is 8.17. The molecule has 100 valence electrons. The number of hydrogen-bond acceptors (Lipinski definition) is 2. The SMILES string of the molecule is CC(NC(=O)OC(C)(C)C)c1cc(Cl)cc(Cl)c1. The second-order valence-corrected chi connectivity index (χ2v) is 5.94. The quantitative estimate of drug-likeness (QED) is 0.865. The van der Waals surface area contributed by atoms with Crippen molar-refractivity contribution in [3.63, 3.8) is 0 Å². The van der Waals surface area contributed by atoms with E-state index in [1.165, 1.54) is 0 Å². The number of nitrogens with one attached hydrogen (secondary N) is 1. The molecular weight excluding hydrogens is 273 g/mol. The lowest BCUT2D eigenvalue weighted by molar-refractivity contribution is 0.0508. The standard InChI is InChI=1S/C13H17Cl2NO2/c1-8(16-12(17)18-13(2,3)4)9-5-10(14)7-11(15)6-9/h5-8H,1-4H3,(H,16,17). The van der Waals surface area contributed by atoms with Crippen molar-refractivity contribution >= 4 is 29.3 Å². The van der Waals surface area contributed by atoms with Crippen LogP contribution in [0.3, 0.4) is 0 Å². The Labute approximate surface area is 117 Å². The minimum Gasteiger partial charge on any atom is -0.444 e. The van der Waals surface area contributed by atoms with Crippen molar-refractivity contribution in [1.82, 2.24) is 5.32 Å². The van der Waals surface area contributed by atoms with Gasteiger partial charge in [-0.15, -0.1) is 0 Å². The maximum absolute atomic E-state index is 11.6. The maximum Gasteiger partial charge on any atom is 0.408 e. The van der Waals surface area contributed by atoms with Crippen molar-refractivity contribution in [2.24, 2.45) is 0 Å². The van der Waals surface area contributed by atoms with E-state index in [9.17, 15) is 4.79 Å². The highest BCUT2D eigenvalue weighted by Crippen LogP contribution is 2.23. The van der Waals surface area contributed by atoms with E-state index in [0.29, 0.717) is 10.0 Å². The van der Waals surface area contributed by atoms with Gasteiger partial charge < -0.3 is 10.1 Å². The molecule has 0 aliphatic carbocycles. The fourth-order valence-corrected chi connectivity index (χ4v) is 1.94. The molecule has 1 aromatic carbocycles. The second kappa shape index (κ2) is 5.81. The molecule has 0 saturated heterocycles. The maximum atomic E-state index is 11.6. The summed E-state index contributed by atoms with van der Waals surface area (Å²) in [6.45, 7) is 7.28. The monoisotopic (exact) mass is 289 g/mol. The molecule has 0 aromatic heterocycles. The lowest BCUT2D eigenvalue weighted by Crippen LogP contribution is -2.34. The fourth-order valence-electron chi connectivity index (χ4n) is 1.39. The molecule has 0 fully saturated rings. The summed E-state index contributed by atoms with van der Waals surface area (Å²) >= 11 is 11.8. The van der Waals surface area contributed by atoms with E-state index in [4.69, 9.17) is 27.9 Å². The average Bonchev–Trinajstić information content (AvgIpc) is 2.12. The summed E-state index contributed by atoms with van der Waals surface area (Å²) in [5.74, 6) is 0. The van der Waals surface area contributed by atoms with E-state index in [-0.39, 0.29) is 6.04 Å². The Morgan fingerprint density at radius 2 is 1.72 bits per heavy atom. The molecule has 0 heterocycles. The Morgan fingerprint density at radius 3 is 2.17 bits per heavy atom. The van der Waals surface area contributed by atoms with Crippen molar-refractivity contribution in [3.05, 3.63) is 33.8 Å². The second-order valence-electron chi connectivity index (χ2n) is 5.07. The van der Waals surface area contributed by atoms with Crippen LogP contribution in [0.15, 0.2) is 18.2 Å². The third-order valence-corrected chi connectivity index (χ3v) is 2.55. The van der Waals surface area contributed by atoms with Gasteiger partial charge in [-0.05, 0) is 51.5 Å². The normalized spacial score (nSPS) is 13.0. The molecule has 1 aromatic rings. The molecule has 3 nitrogen and oxygen atoms in total. The van der Waals surface area contributed by atoms with Gasteiger partial charge in [-0.1, -0.05) is 23.2 Å². The van der Waals surface area contributed by atoms with Crippen LogP contribution >= 0.6 is 23.2 Å². The number of rotatable bonds is 2. The van der Waals surface area contributed by atoms with Crippen LogP contribution in [0.4, 0.5) is 4.79 Å². The first-order valence-corrected chi connectivity index (χ1v) is 6.38. The Bertz CT molecular complexity index is 421. The predicted molar refractivity (Wildman–Crippen MR) is 74.2 cm³/mol. The van der Waals surface area contributed by atoms with Gasteiger partial charge in [-0.2, -0.15) is 0 Å². The minimum atomic E-state index is -0.518. The predicted octanol–water partition coefficient (Wildman–Crippen LogP) is 4.58. The number of halogens is 2. The van der Waals surface area contributed by atoms with E-state index in [1.807, 2.05) is 27.7 Å². The largest absolute Gasteiger partial charge is 0.444 e. The van der Waals surface area contributed by atoms with Crippen LogP contribution in [0.25, 0.3) is 0 Å². The number of amides is 1. The zero-order valence-electron chi connectivity index (χ0n) is 10.9. The summed E-state index contributed by atoms with van der Waals surface area (Å²) in [5, 5.41) is 3.80. The first-order valence-electron chi connectivity index (χ1n) is 5.63. The summed E-state index contributed by atoms with van der Waals surface area (Å²) in [4.78, 5) is 11.6. The number of hydrogen-bond donors (Lipinski definition) is 1. The average molecular weight is 290 g/mol. The van der Waals surface area contributed by atoms with Crippen molar-refractivity contribution in [3.8, 4) is 0 Å². The van der Waals surface area contributed by atoms with Crippen molar-refractivity contribution in [2.75, 3.05) is 0 Å². The van der Waals surface area contributed by atoms with Gasteiger partial charge in [0.15, 0.2) is 0 Å². The lowest BCUT2D eigenvalue weighted by atomic mass is 10.1. The van der Waals surface area contributed by atoms with Gasteiger partial charge in [0, 0.05) is 10.0 Å². The lowest BCUT2D eigenvalue weighted by Gasteiger charge is -2.22. The van der Waals surface area contributed by atoms with E-state index in [2.05, 4.69) is 5.32 Å². The highest BCUT2D eigenvalue weighted by atomic mass is 35.5. The molecule has 1 unspecified atom stereocenters. The Hall–Kier alpha value is -0.930. The van der Waals surface area contributed by atoms with Crippen molar-refractivity contribution in [2.45, 2.75) is 39.3 Å². The molecule has 5 heteroatoms. The van der Waals surface area contributed by atoms with Gasteiger partial charge in [0.05, 0.1) is 6.04 Å². The number of benzene rings is 1. The molecule has 0 aliphatic rings. The summed E-state index contributed by atoms with van der Waals surface area (Å²) in [7, 11) is 0. The summed E-state index contributed by atoms with van der Waals surface area (Å²) in [5.41, 5.74) is 0.314. The van der Waals surface area contributed by atoms with E-state index in [0.717, 1.165) is 5.56 Å². The highest BCUT2D eigenvalue weighted by molar-refractivity contribution is 6.34. The molecular formula is C13H17Cl2NO2. The van der Waals surface area contributed by atoms with Gasteiger partial charge >= 0.3 is 6.09 Å². The number of carbonyl (C=O) groups excluding carboxylic acids is 1. The highest BCUT2D eigenvalue weighted by Gasteiger charge is 2.18. The zero-order valence-corrected chi connectivity index (χ0v) is 12.4. The first kappa shape index (κ1) is 15.1. The van der Waals surface area contributed by atoms with Crippen LogP contribution in [0.1, 0.15) is 39.3 Å². The molecule has 18 heavy (non-hydrogen) atoms. The van der Waals surface area contributed by atoms with E-state index < -0.39 is 11.7 Å². The number of carbonyl (C=O) groups is 1. The molecule has 0 saturated carbocycles. The minimum absolute atomic E-state index is 0.226. The van der Waals surface area contributed by atoms with E-state index >= 15 is 0 Å². The van der Waals surface area contributed by atoms with Gasteiger partial charge in [-0.3, -0.25) is 0 Å². The van der Waals surface area contributed by atoms with Gasteiger partial charge in [0.2, 0.25) is 0 Å². The molecule has 1 amide bonds. The molecule has 0 aliphatic heterocycles. The smallest absolute Gasteiger partial charge is 0.408 e. The summed E-state index contributed by atoms with van der Waals surface area (Å²) in [6.07, 6.45) is -0.467. The molecule has 0 bridgehead atoms. The molecule has 0 radical (unpaired) electrons. The zero-order chi connectivity index (χ0) is 13.9. The Kier molecular flexibility index (Phi) is 4.88. The van der Waals surface area contributed by atoms with Crippen LogP contribution in [0.2, 0.25) is 10.0 Å². The summed E-state index contributed by atoms with van der Waals surface area (Å²) < 4.78 is 5.17. The van der Waals surface area contributed by atoms with Crippen LogP contribution < -0.4 is 5.32 Å². The topological polar surface area (TPSA) is 38.3 Å². The van der Waals surface area contributed by atoms with Gasteiger partial charge in [-0.25, -0.2) is 4.79 Å². The Morgan fingerprint density at radius 1 is 1.22 bits per heavy atom. The summed E-state index contributed by atoms with van der Waals surface area (Å²) in [6, 6.07) is 4.94. The van der Waals surface area contributed by atoms with Crippen molar-refractivity contribution in [1.29, 1.82) is 0 Å². The third-order valence-electron chi connectivity index (χ3n) is 2.12. The third kappa shape index (κ3) is 5.15. The number of alkyl carbamates (subject to hydrolysis) is 1. The van der Waals surface area contributed by atoms with Crippen LogP contribution in [0, 0.1) is 0 Å². The van der Waals surface area contributed by atoms with Crippen LogP contribution in [-0.2, 0) is 4.74 Å². The van der Waals surface area contributed by atoms with Gasteiger partial charge in [0.1, 0.15) is 5.60 Å². The van der Waals surface area contributed by atoms with Crippen LogP contribution in [-0.4, -0.2) is 11.7 Å². The molecule has 1 atom stereocenters. The van der Waals surface area contributed by atoms with Crippen molar-refractivity contribution < 1.29 is 9.53 Å². The molecule has 1 N–H and O–H groups in total. The molecule has 0 spiro atoms. The fraction of sp³-hybridized carbons (Fsp3) is 0.462. The van der Waals surface area contributed by atoms with Gasteiger partial charge in [0.25, 0.3) is 0 Å². The van der Waals surface area contributed by atoms with Crippen LogP contribution in [0.5, 0.6) is 0 Å². The Balaban J connectivity index is 2.70. The number of ether oxygens (including phenoxy) is 1. The van der Waals surface area contributed by atoms with E-state index in [1.54, 1.807) is 18.2 Å². The molecule has 1 rings (SSSR count).